The molecule has 1 N–H and O–H groups in total. The van der Waals surface area contributed by atoms with Crippen LogP contribution in [0, 0.1) is 0 Å². The minimum absolute atomic E-state index is 1.12. The van der Waals surface area contributed by atoms with Crippen LogP contribution < -0.4 is 0 Å². The fraction of sp³-hybridized carbons (Fsp3) is 0. The number of nitrogens with one attached hydrogen (secondary N) is 1. The molecule has 0 fully saturated rings. The highest BCUT2D eigenvalue weighted by Crippen LogP contribution is 2.43. The van der Waals surface area contributed by atoms with Gasteiger partial charge in [-0.3, -0.25) is 4.57 Å². The molecule has 0 radical (unpaired) electrons. The molecule has 37 heavy (non-hydrogen) atoms. The van der Waals surface area contributed by atoms with Crippen LogP contribution in [0.5, 0.6) is 0 Å². The molecule has 8 aromatic rings. The average Bonchev–Trinajstić information content (AvgIpc) is 3.65. The first kappa shape index (κ1) is 20.2. The summed E-state index contributed by atoms with van der Waals surface area (Å²) in [5.41, 5.74) is 9.56. The Morgan fingerprint density at radius 3 is 1.86 bits per heavy atom. The highest BCUT2D eigenvalue weighted by Gasteiger charge is 2.20. The van der Waals surface area contributed by atoms with Crippen molar-refractivity contribution in [2.24, 2.45) is 0 Å². The lowest BCUT2D eigenvalue weighted by Crippen LogP contribution is -1.96. The van der Waals surface area contributed by atoms with Crippen molar-refractivity contribution in [3.8, 4) is 22.5 Å². The molecule has 0 atom stereocenters. The smallest absolute Gasteiger partial charge is 0.123 e. The molecule has 0 aliphatic heterocycles. The van der Waals surface area contributed by atoms with Gasteiger partial charge in [-0.2, -0.15) is 0 Å². The van der Waals surface area contributed by atoms with Crippen molar-refractivity contribution in [1.29, 1.82) is 0 Å². The third-order valence-corrected chi connectivity index (χ3v) is 7.52. The molecule has 174 valence electrons. The standard InChI is InChI=1S/C34H23N3/c1-3-11-23(12-4-1)36-30-19-8-7-15-29(30)32-25(16-10-20-31(32)36)26-17-9-18-27-28-21-22-35-34(28)37(33(26)27)24-13-5-2-6-14-24/h1-22,35H. The molecular weight excluding hydrogens is 450 g/mol. The summed E-state index contributed by atoms with van der Waals surface area (Å²) in [5.74, 6) is 0. The Morgan fingerprint density at radius 2 is 1.05 bits per heavy atom. The molecule has 0 aliphatic rings. The summed E-state index contributed by atoms with van der Waals surface area (Å²) in [5, 5.41) is 5.03. The molecule has 0 aliphatic carbocycles. The Morgan fingerprint density at radius 1 is 0.432 bits per heavy atom. The largest absolute Gasteiger partial charge is 0.347 e. The van der Waals surface area contributed by atoms with Gasteiger partial charge >= 0.3 is 0 Å². The summed E-state index contributed by atoms with van der Waals surface area (Å²) < 4.78 is 4.75. The Kier molecular flexibility index (Phi) is 4.23. The summed E-state index contributed by atoms with van der Waals surface area (Å²) in [6, 6.07) is 45.6. The quantitative estimate of drug-likeness (QED) is 0.265. The van der Waals surface area contributed by atoms with Crippen LogP contribution in [-0.4, -0.2) is 14.1 Å². The van der Waals surface area contributed by atoms with Gasteiger partial charge in [0.1, 0.15) is 5.65 Å². The summed E-state index contributed by atoms with van der Waals surface area (Å²) in [6.45, 7) is 0. The summed E-state index contributed by atoms with van der Waals surface area (Å²) in [6.07, 6.45) is 2.03. The lowest BCUT2D eigenvalue weighted by Gasteiger charge is -2.13. The van der Waals surface area contributed by atoms with E-state index in [1.807, 2.05) is 6.20 Å². The minimum Gasteiger partial charge on any atom is -0.347 e. The number of fused-ring (bicyclic) bond motifs is 6. The third-order valence-electron chi connectivity index (χ3n) is 7.52. The molecule has 0 spiro atoms. The molecule has 0 saturated carbocycles. The first-order valence-corrected chi connectivity index (χ1v) is 12.6. The van der Waals surface area contributed by atoms with Crippen LogP contribution in [-0.2, 0) is 0 Å². The number of hydrogen-bond donors (Lipinski definition) is 1. The zero-order valence-corrected chi connectivity index (χ0v) is 20.1. The van der Waals surface area contributed by atoms with Crippen molar-refractivity contribution in [2.45, 2.75) is 0 Å². The molecule has 0 unspecified atom stereocenters. The van der Waals surface area contributed by atoms with Crippen LogP contribution in [0.25, 0.3) is 66.2 Å². The first-order valence-electron chi connectivity index (χ1n) is 12.6. The van der Waals surface area contributed by atoms with Crippen molar-refractivity contribution in [3.63, 3.8) is 0 Å². The maximum absolute atomic E-state index is 3.51. The third kappa shape index (κ3) is 2.82. The first-order chi connectivity index (χ1) is 18.4. The van der Waals surface area contributed by atoms with Gasteiger partial charge < -0.3 is 9.55 Å². The topological polar surface area (TPSA) is 25.6 Å². The van der Waals surface area contributed by atoms with E-state index < -0.39 is 0 Å². The van der Waals surface area contributed by atoms with Gasteiger partial charge in [-0.1, -0.05) is 84.9 Å². The molecule has 3 aromatic heterocycles. The number of benzene rings is 5. The molecular formula is C34H23N3. The van der Waals surface area contributed by atoms with Crippen molar-refractivity contribution in [1.82, 2.24) is 14.1 Å². The van der Waals surface area contributed by atoms with Crippen LogP contribution in [0.1, 0.15) is 0 Å². The van der Waals surface area contributed by atoms with Gasteiger partial charge in [-0.25, -0.2) is 0 Å². The van der Waals surface area contributed by atoms with Gasteiger partial charge in [0.05, 0.1) is 16.6 Å². The van der Waals surface area contributed by atoms with E-state index in [0.717, 1.165) is 11.3 Å². The van der Waals surface area contributed by atoms with Crippen LogP contribution in [0.15, 0.2) is 134 Å². The van der Waals surface area contributed by atoms with E-state index in [1.165, 1.54) is 54.9 Å². The molecule has 0 amide bonds. The lowest BCUT2D eigenvalue weighted by molar-refractivity contribution is 1.14. The highest BCUT2D eigenvalue weighted by atomic mass is 15.1. The fourth-order valence-corrected chi connectivity index (χ4v) is 6.03. The molecule has 3 nitrogen and oxygen atoms in total. The van der Waals surface area contributed by atoms with Crippen molar-refractivity contribution >= 4 is 43.7 Å². The Bertz CT molecular complexity index is 2070. The monoisotopic (exact) mass is 473 g/mol. The normalized spacial score (nSPS) is 11.8. The number of H-pyrrole nitrogens is 1. The minimum atomic E-state index is 1.12. The molecule has 3 heteroatoms. The van der Waals surface area contributed by atoms with E-state index in [1.54, 1.807) is 0 Å². The van der Waals surface area contributed by atoms with E-state index in [0.29, 0.717) is 0 Å². The van der Waals surface area contributed by atoms with E-state index in [4.69, 9.17) is 0 Å². The molecule has 0 saturated heterocycles. The number of aromatic nitrogens is 3. The summed E-state index contributed by atoms with van der Waals surface area (Å²) in [4.78, 5) is 3.51. The lowest BCUT2D eigenvalue weighted by atomic mass is 9.97. The molecule has 5 aromatic carbocycles. The van der Waals surface area contributed by atoms with Crippen molar-refractivity contribution < 1.29 is 0 Å². The maximum Gasteiger partial charge on any atom is 0.123 e. The SMILES string of the molecule is c1ccc(-n2c3ccccc3c3c(-c4cccc5c6cc[nH]c6n(-c6ccccc6)c45)cccc32)cc1. The molecule has 0 bridgehead atoms. The van der Waals surface area contributed by atoms with E-state index in [-0.39, 0.29) is 0 Å². The second-order valence-corrected chi connectivity index (χ2v) is 9.50. The second kappa shape index (κ2) is 7.74. The highest BCUT2D eigenvalue weighted by molar-refractivity contribution is 6.20. The number of hydrogen-bond acceptors (Lipinski definition) is 0. The number of para-hydroxylation sites is 4. The van der Waals surface area contributed by atoms with Gasteiger partial charge in [0.25, 0.3) is 0 Å². The average molecular weight is 474 g/mol. The zero-order valence-electron chi connectivity index (χ0n) is 20.1. The van der Waals surface area contributed by atoms with Crippen LogP contribution in [0.2, 0.25) is 0 Å². The molecule has 3 heterocycles. The Labute approximate surface area is 213 Å². The van der Waals surface area contributed by atoms with Gasteiger partial charge in [-0.15, -0.1) is 0 Å². The van der Waals surface area contributed by atoms with Gasteiger partial charge in [0, 0.05) is 44.7 Å². The van der Waals surface area contributed by atoms with Crippen LogP contribution in [0.3, 0.4) is 0 Å². The number of rotatable bonds is 3. The van der Waals surface area contributed by atoms with E-state index in [2.05, 4.69) is 142 Å². The van der Waals surface area contributed by atoms with Crippen LogP contribution >= 0.6 is 0 Å². The number of nitrogens with zero attached hydrogens (tertiary/aromatic N) is 2. The second-order valence-electron chi connectivity index (χ2n) is 9.50. The zero-order chi connectivity index (χ0) is 24.3. The Balaban J connectivity index is 1.54. The maximum atomic E-state index is 3.51. The predicted molar refractivity (Wildman–Crippen MR) is 155 cm³/mol. The molecule has 8 rings (SSSR count). The van der Waals surface area contributed by atoms with E-state index in [9.17, 15) is 0 Å². The van der Waals surface area contributed by atoms with Gasteiger partial charge in [-0.05, 0) is 48.0 Å². The van der Waals surface area contributed by atoms with Gasteiger partial charge in [0.15, 0.2) is 0 Å². The van der Waals surface area contributed by atoms with Crippen molar-refractivity contribution in [2.75, 3.05) is 0 Å². The Hall–Kier alpha value is -5.02. The summed E-state index contributed by atoms with van der Waals surface area (Å²) >= 11 is 0. The van der Waals surface area contributed by atoms with Crippen LogP contribution in [0.4, 0.5) is 0 Å². The van der Waals surface area contributed by atoms with Crippen molar-refractivity contribution in [3.05, 3.63) is 134 Å². The fourth-order valence-electron chi connectivity index (χ4n) is 6.03. The van der Waals surface area contributed by atoms with Gasteiger partial charge in [0.2, 0.25) is 0 Å². The van der Waals surface area contributed by atoms with E-state index >= 15 is 0 Å². The predicted octanol–water partition coefficient (Wildman–Crippen LogP) is 8.88. The summed E-state index contributed by atoms with van der Waals surface area (Å²) in [7, 11) is 0. The number of aromatic amines is 1.